The summed E-state index contributed by atoms with van der Waals surface area (Å²) in [5, 5.41) is 3.02. The maximum atomic E-state index is 14.6. The molecule has 158 valence electrons. The SMILES string of the molecule is C=C(N=C(/C(F)=C\N)c1cccc2c1OCCC2)Nc1cccc(CS(C)(=N)=O)c1. The molecule has 30 heavy (non-hydrogen) atoms. The molecule has 8 heteroatoms. The molecule has 0 aromatic heterocycles. The number of rotatable bonds is 7. The first-order chi connectivity index (χ1) is 14.3. The van der Waals surface area contributed by atoms with Crippen LogP contribution in [0, 0.1) is 4.78 Å². The van der Waals surface area contributed by atoms with Gasteiger partial charge in [-0.15, -0.1) is 0 Å². The molecule has 1 unspecified atom stereocenters. The van der Waals surface area contributed by atoms with Crippen LogP contribution >= 0.6 is 0 Å². The first-order valence-electron chi connectivity index (χ1n) is 9.44. The maximum absolute atomic E-state index is 14.6. The molecule has 4 N–H and O–H groups in total. The summed E-state index contributed by atoms with van der Waals surface area (Å²) in [5.41, 5.74) is 8.39. The van der Waals surface area contributed by atoms with Gasteiger partial charge in [0.05, 0.1) is 12.4 Å². The Morgan fingerprint density at radius 3 is 2.90 bits per heavy atom. The third kappa shape index (κ3) is 5.48. The van der Waals surface area contributed by atoms with Gasteiger partial charge >= 0.3 is 0 Å². The molecule has 1 heterocycles. The third-order valence-electron chi connectivity index (χ3n) is 4.47. The van der Waals surface area contributed by atoms with Crippen LogP contribution in [0.15, 0.2) is 71.9 Å². The van der Waals surface area contributed by atoms with Gasteiger partial charge in [-0.2, -0.15) is 0 Å². The Hall–Kier alpha value is -3.13. The summed E-state index contributed by atoms with van der Waals surface area (Å²) < 4.78 is 39.8. The molecule has 0 saturated heterocycles. The Bertz CT molecular complexity index is 1120. The molecule has 6 nitrogen and oxygen atoms in total. The summed E-state index contributed by atoms with van der Waals surface area (Å²) in [7, 11) is -2.66. The Labute approximate surface area is 176 Å². The quantitative estimate of drug-likeness (QED) is 0.572. The maximum Gasteiger partial charge on any atom is 0.165 e. The minimum atomic E-state index is -2.66. The number of allylic oxidation sites excluding steroid dienone is 1. The van der Waals surface area contributed by atoms with Crippen molar-refractivity contribution in [3.63, 3.8) is 0 Å². The van der Waals surface area contributed by atoms with Gasteiger partial charge in [0.2, 0.25) is 0 Å². The highest BCUT2D eigenvalue weighted by Crippen LogP contribution is 2.31. The summed E-state index contributed by atoms with van der Waals surface area (Å²) in [5.74, 6) is 0.272. The van der Waals surface area contributed by atoms with Crippen LogP contribution < -0.4 is 15.8 Å². The number of hydrogen-bond donors (Lipinski definition) is 3. The smallest absolute Gasteiger partial charge is 0.165 e. The van der Waals surface area contributed by atoms with Crippen LogP contribution in [0.2, 0.25) is 0 Å². The molecule has 0 radical (unpaired) electrons. The van der Waals surface area contributed by atoms with Crippen molar-refractivity contribution in [1.82, 2.24) is 0 Å². The van der Waals surface area contributed by atoms with E-state index in [1.165, 1.54) is 6.26 Å². The van der Waals surface area contributed by atoms with Crippen molar-refractivity contribution in [1.29, 1.82) is 4.78 Å². The standard InChI is InChI=1S/C22H25FN4O2S/c1-15(26-18-9-3-6-16(12-18)14-30(2,25)28)27-21(20(23)13-24)19-10-4-7-17-8-5-11-29-22(17)19/h3-4,6-7,9-10,12-13,25-26H,1,5,8,11,14,24H2,2H3/b20-13+,27-21?. The minimum Gasteiger partial charge on any atom is -0.493 e. The Morgan fingerprint density at radius 1 is 1.40 bits per heavy atom. The fraction of sp³-hybridized carbons (Fsp3) is 0.227. The molecular formula is C22H25FN4O2S. The van der Waals surface area contributed by atoms with Crippen molar-refractivity contribution in [2.24, 2.45) is 10.7 Å². The number of aryl methyl sites for hydroxylation is 1. The number of nitrogens with one attached hydrogen (secondary N) is 2. The highest BCUT2D eigenvalue weighted by molar-refractivity contribution is 7.90. The van der Waals surface area contributed by atoms with Gasteiger partial charge < -0.3 is 15.8 Å². The van der Waals surface area contributed by atoms with Crippen molar-refractivity contribution in [2.45, 2.75) is 18.6 Å². The zero-order valence-corrected chi connectivity index (χ0v) is 17.6. The van der Waals surface area contributed by atoms with Crippen molar-refractivity contribution >= 4 is 21.1 Å². The van der Waals surface area contributed by atoms with Gasteiger partial charge in [-0.3, -0.25) is 4.78 Å². The van der Waals surface area contributed by atoms with Crippen molar-refractivity contribution in [2.75, 3.05) is 18.2 Å². The second kappa shape index (κ2) is 9.13. The molecular weight excluding hydrogens is 403 g/mol. The van der Waals surface area contributed by atoms with E-state index in [0.29, 0.717) is 23.6 Å². The molecule has 0 bridgehead atoms. The predicted octanol–water partition coefficient (Wildman–Crippen LogP) is 4.33. The van der Waals surface area contributed by atoms with Gasteiger partial charge in [0.15, 0.2) is 5.83 Å². The number of halogens is 1. The van der Waals surface area contributed by atoms with Gasteiger partial charge in [0.25, 0.3) is 0 Å². The summed E-state index contributed by atoms with van der Waals surface area (Å²) in [6.45, 7) is 4.44. The van der Waals surface area contributed by atoms with Crippen LogP contribution in [0.3, 0.4) is 0 Å². The van der Waals surface area contributed by atoms with E-state index >= 15 is 0 Å². The van der Waals surface area contributed by atoms with Crippen molar-refractivity contribution in [3.05, 3.63) is 83.6 Å². The second-order valence-corrected chi connectivity index (χ2v) is 9.44. The molecule has 3 rings (SSSR count). The zero-order valence-electron chi connectivity index (χ0n) is 16.8. The van der Waals surface area contributed by atoms with Gasteiger partial charge in [-0.25, -0.2) is 13.6 Å². The van der Waals surface area contributed by atoms with Crippen molar-refractivity contribution < 1.29 is 13.3 Å². The zero-order chi connectivity index (χ0) is 21.7. The van der Waals surface area contributed by atoms with Gasteiger partial charge in [0.1, 0.15) is 17.3 Å². The number of aliphatic imine (C=N–C) groups is 1. The lowest BCUT2D eigenvalue weighted by Crippen LogP contribution is -2.15. The minimum absolute atomic E-state index is 0.0349. The molecule has 0 amide bonds. The van der Waals surface area contributed by atoms with Crippen LogP contribution in [0.4, 0.5) is 10.1 Å². The van der Waals surface area contributed by atoms with E-state index < -0.39 is 15.6 Å². The summed E-state index contributed by atoms with van der Waals surface area (Å²) in [6, 6.07) is 12.7. The molecule has 0 spiro atoms. The van der Waals surface area contributed by atoms with Gasteiger partial charge in [-0.05, 0) is 42.2 Å². The Kier molecular flexibility index (Phi) is 6.56. The average molecular weight is 429 g/mol. The Morgan fingerprint density at radius 2 is 2.17 bits per heavy atom. The predicted molar refractivity (Wildman–Crippen MR) is 120 cm³/mol. The first kappa shape index (κ1) is 21.6. The number of benzene rings is 2. The average Bonchev–Trinajstić information content (AvgIpc) is 2.70. The van der Waals surface area contributed by atoms with E-state index in [0.717, 1.165) is 30.2 Å². The van der Waals surface area contributed by atoms with E-state index in [-0.39, 0.29) is 17.3 Å². The molecule has 1 aliphatic heterocycles. The van der Waals surface area contributed by atoms with Crippen LogP contribution in [0.1, 0.15) is 23.1 Å². The topological polar surface area (TPSA) is 101 Å². The first-order valence-corrected chi connectivity index (χ1v) is 11.6. The van der Waals surface area contributed by atoms with Crippen molar-refractivity contribution in [3.8, 4) is 5.75 Å². The molecule has 1 aliphatic rings. The van der Waals surface area contributed by atoms with E-state index in [1.54, 1.807) is 30.3 Å². The van der Waals surface area contributed by atoms with Crippen LogP contribution in [-0.4, -0.2) is 22.8 Å². The lowest BCUT2D eigenvalue weighted by atomic mass is 9.99. The van der Waals surface area contributed by atoms with E-state index in [1.807, 2.05) is 12.1 Å². The summed E-state index contributed by atoms with van der Waals surface area (Å²) in [4.78, 5) is 4.34. The monoisotopic (exact) mass is 428 g/mol. The number of anilines is 1. The van der Waals surface area contributed by atoms with Crippen LogP contribution in [0.5, 0.6) is 5.75 Å². The largest absolute Gasteiger partial charge is 0.493 e. The van der Waals surface area contributed by atoms with Gasteiger partial charge in [0, 0.05) is 33.4 Å². The van der Waals surface area contributed by atoms with Gasteiger partial charge in [-0.1, -0.05) is 30.8 Å². The fourth-order valence-corrected chi connectivity index (χ4v) is 4.10. The number of hydrogen-bond acceptors (Lipinski definition) is 6. The highest BCUT2D eigenvalue weighted by Gasteiger charge is 2.20. The molecule has 2 aromatic carbocycles. The molecule has 0 saturated carbocycles. The van der Waals surface area contributed by atoms with E-state index in [4.69, 9.17) is 15.3 Å². The third-order valence-corrected chi connectivity index (χ3v) is 5.35. The lowest BCUT2D eigenvalue weighted by molar-refractivity contribution is 0.288. The number of fused-ring (bicyclic) bond motifs is 1. The molecule has 2 aromatic rings. The number of ether oxygens (including phenoxy) is 1. The highest BCUT2D eigenvalue weighted by atomic mass is 32.2. The lowest BCUT2D eigenvalue weighted by Gasteiger charge is -2.21. The molecule has 1 atom stereocenters. The Balaban J connectivity index is 1.91. The number of nitrogens with two attached hydrogens (primary N) is 1. The molecule has 0 fully saturated rings. The summed E-state index contributed by atoms with van der Waals surface area (Å²) in [6.07, 6.45) is 4.02. The number of para-hydroxylation sites is 1. The van der Waals surface area contributed by atoms with E-state index in [9.17, 15) is 8.60 Å². The fourth-order valence-electron chi connectivity index (χ4n) is 3.28. The van der Waals surface area contributed by atoms with Crippen LogP contribution in [-0.2, 0) is 21.9 Å². The molecule has 0 aliphatic carbocycles. The van der Waals surface area contributed by atoms with E-state index in [2.05, 4.69) is 16.9 Å². The number of nitrogens with zero attached hydrogens (tertiary/aromatic N) is 1. The normalized spacial score (nSPS) is 16.2. The second-order valence-electron chi connectivity index (χ2n) is 7.14. The van der Waals surface area contributed by atoms with Crippen LogP contribution in [0.25, 0.3) is 0 Å². The summed E-state index contributed by atoms with van der Waals surface area (Å²) >= 11 is 0.